The Bertz CT molecular complexity index is 492. The standard InChI is InChI=1S/C20H30O5/c1-2-3-4-7-16(21)8-5-9-17(22)12-13-18(23)10-6-11-19-14-15-20(24)25-19/h5,8,19H,2-4,6-7,9-15H2,1H3/b8-5+. The van der Waals surface area contributed by atoms with E-state index in [1.54, 1.807) is 6.08 Å². The van der Waals surface area contributed by atoms with Crippen LogP contribution >= 0.6 is 0 Å². The number of Topliss-reactive ketones (excluding diaryl/α,β-unsaturated/α-hetero) is 2. The fraction of sp³-hybridized carbons (Fsp3) is 0.700. The van der Waals surface area contributed by atoms with Gasteiger partial charge in [-0.2, -0.15) is 0 Å². The van der Waals surface area contributed by atoms with E-state index in [1.807, 2.05) is 0 Å². The molecule has 0 aromatic carbocycles. The molecule has 5 nitrogen and oxygen atoms in total. The van der Waals surface area contributed by atoms with Crippen LogP contribution in [0.25, 0.3) is 0 Å². The van der Waals surface area contributed by atoms with Crippen molar-refractivity contribution in [1.29, 1.82) is 0 Å². The van der Waals surface area contributed by atoms with Gasteiger partial charge in [0.15, 0.2) is 5.78 Å². The number of unbranched alkanes of at least 4 members (excludes halogenated alkanes) is 2. The number of esters is 1. The van der Waals surface area contributed by atoms with Gasteiger partial charge in [-0.1, -0.05) is 25.8 Å². The molecule has 0 spiro atoms. The minimum atomic E-state index is -0.154. The fourth-order valence-corrected chi connectivity index (χ4v) is 2.77. The monoisotopic (exact) mass is 350 g/mol. The quantitative estimate of drug-likeness (QED) is 0.270. The van der Waals surface area contributed by atoms with Crippen molar-refractivity contribution in [2.24, 2.45) is 0 Å². The van der Waals surface area contributed by atoms with Crippen molar-refractivity contribution in [3.8, 4) is 0 Å². The predicted molar refractivity (Wildman–Crippen MR) is 95.1 cm³/mol. The van der Waals surface area contributed by atoms with E-state index >= 15 is 0 Å². The van der Waals surface area contributed by atoms with Crippen molar-refractivity contribution in [2.45, 2.75) is 90.1 Å². The largest absolute Gasteiger partial charge is 0.462 e. The van der Waals surface area contributed by atoms with Crippen LogP contribution in [0.5, 0.6) is 0 Å². The van der Waals surface area contributed by atoms with Gasteiger partial charge in [-0.3, -0.25) is 19.2 Å². The molecular weight excluding hydrogens is 320 g/mol. The summed E-state index contributed by atoms with van der Waals surface area (Å²) in [4.78, 5) is 46.0. The van der Waals surface area contributed by atoms with Crippen LogP contribution in [0.15, 0.2) is 12.2 Å². The molecule has 5 heteroatoms. The van der Waals surface area contributed by atoms with E-state index in [1.165, 1.54) is 6.08 Å². The molecule has 1 fully saturated rings. The number of cyclic esters (lactones) is 1. The third-order valence-electron chi connectivity index (χ3n) is 4.31. The van der Waals surface area contributed by atoms with Crippen LogP contribution in [-0.2, 0) is 23.9 Å². The third kappa shape index (κ3) is 10.6. The van der Waals surface area contributed by atoms with Crippen LogP contribution < -0.4 is 0 Å². The van der Waals surface area contributed by atoms with Crippen LogP contribution in [0, 0.1) is 0 Å². The van der Waals surface area contributed by atoms with E-state index in [0.29, 0.717) is 32.1 Å². The lowest BCUT2D eigenvalue weighted by Crippen LogP contribution is -2.08. The molecule has 140 valence electrons. The molecule has 0 radical (unpaired) electrons. The summed E-state index contributed by atoms with van der Waals surface area (Å²) in [6.07, 6.45) is 10.3. The van der Waals surface area contributed by atoms with E-state index in [4.69, 9.17) is 4.74 Å². The molecular formula is C20H30O5. The molecule has 0 amide bonds. The molecule has 0 aliphatic carbocycles. The van der Waals surface area contributed by atoms with Gasteiger partial charge < -0.3 is 4.74 Å². The van der Waals surface area contributed by atoms with Crippen LogP contribution in [0.4, 0.5) is 0 Å². The number of carbonyl (C=O) groups is 4. The summed E-state index contributed by atoms with van der Waals surface area (Å²) in [5.41, 5.74) is 0. The van der Waals surface area contributed by atoms with Gasteiger partial charge in [0.05, 0.1) is 0 Å². The Morgan fingerprint density at radius 3 is 2.48 bits per heavy atom. The summed E-state index contributed by atoms with van der Waals surface area (Å²) in [5.74, 6) is -0.0447. The van der Waals surface area contributed by atoms with Crippen LogP contribution in [0.1, 0.15) is 84.0 Å². The average molecular weight is 350 g/mol. The van der Waals surface area contributed by atoms with Crippen molar-refractivity contribution in [3.05, 3.63) is 12.2 Å². The molecule has 0 saturated carbocycles. The molecule has 25 heavy (non-hydrogen) atoms. The first-order chi connectivity index (χ1) is 12.0. The van der Waals surface area contributed by atoms with Crippen LogP contribution in [-0.4, -0.2) is 29.4 Å². The molecule has 1 aliphatic heterocycles. The molecule has 1 rings (SSSR count). The maximum atomic E-state index is 11.8. The van der Waals surface area contributed by atoms with Gasteiger partial charge in [0.25, 0.3) is 0 Å². The van der Waals surface area contributed by atoms with E-state index in [-0.39, 0.29) is 48.7 Å². The first kappa shape index (κ1) is 21.3. The third-order valence-corrected chi connectivity index (χ3v) is 4.31. The molecule has 1 saturated heterocycles. The highest BCUT2D eigenvalue weighted by Gasteiger charge is 2.22. The number of allylic oxidation sites excluding steroid dienone is 2. The number of carbonyl (C=O) groups excluding carboxylic acids is 4. The lowest BCUT2D eigenvalue weighted by Gasteiger charge is -2.07. The van der Waals surface area contributed by atoms with Gasteiger partial charge in [-0.05, 0) is 31.8 Å². The first-order valence-electron chi connectivity index (χ1n) is 9.43. The number of rotatable bonds is 14. The number of hydrogen-bond donors (Lipinski definition) is 0. The maximum absolute atomic E-state index is 11.8. The SMILES string of the molecule is CCCCCC(=O)/C=C/CC(=O)CCC(=O)CCCC1CCC(=O)O1. The fourth-order valence-electron chi connectivity index (χ4n) is 2.77. The van der Waals surface area contributed by atoms with Crippen molar-refractivity contribution in [3.63, 3.8) is 0 Å². The minimum Gasteiger partial charge on any atom is -0.462 e. The lowest BCUT2D eigenvalue weighted by molar-refractivity contribution is -0.141. The average Bonchev–Trinajstić information content (AvgIpc) is 2.98. The molecule has 1 heterocycles. The Morgan fingerprint density at radius 1 is 1.04 bits per heavy atom. The number of ketones is 3. The summed E-state index contributed by atoms with van der Waals surface area (Å²) in [6.45, 7) is 2.09. The highest BCUT2D eigenvalue weighted by molar-refractivity contribution is 5.91. The second kappa shape index (κ2) is 12.6. The van der Waals surface area contributed by atoms with Crippen molar-refractivity contribution >= 4 is 23.3 Å². The van der Waals surface area contributed by atoms with Gasteiger partial charge in [0, 0.05) is 38.5 Å². The Hall–Kier alpha value is -1.78. The van der Waals surface area contributed by atoms with Gasteiger partial charge in [-0.15, -0.1) is 0 Å². The Morgan fingerprint density at radius 2 is 1.80 bits per heavy atom. The molecule has 1 unspecified atom stereocenters. The molecule has 1 atom stereocenters. The normalized spacial score (nSPS) is 17.0. The second-order valence-electron chi connectivity index (χ2n) is 6.65. The first-order valence-corrected chi connectivity index (χ1v) is 9.43. The van der Waals surface area contributed by atoms with Gasteiger partial charge >= 0.3 is 5.97 Å². The van der Waals surface area contributed by atoms with Gasteiger partial charge in [0.1, 0.15) is 17.7 Å². The Balaban J connectivity index is 2.05. The van der Waals surface area contributed by atoms with E-state index in [2.05, 4.69) is 6.92 Å². The molecule has 0 N–H and O–H groups in total. The number of ether oxygens (including phenoxy) is 1. The van der Waals surface area contributed by atoms with Crippen molar-refractivity contribution in [2.75, 3.05) is 0 Å². The smallest absolute Gasteiger partial charge is 0.306 e. The van der Waals surface area contributed by atoms with E-state index < -0.39 is 0 Å². The Kier molecular flexibility index (Phi) is 10.7. The van der Waals surface area contributed by atoms with Crippen LogP contribution in [0.3, 0.4) is 0 Å². The topological polar surface area (TPSA) is 77.5 Å². The summed E-state index contributed by atoms with van der Waals surface area (Å²) < 4.78 is 5.10. The minimum absolute atomic E-state index is 0.0179. The second-order valence-corrected chi connectivity index (χ2v) is 6.65. The summed E-state index contributed by atoms with van der Waals surface area (Å²) in [6, 6.07) is 0. The number of hydrogen-bond acceptors (Lipinski definition) is 5. The van der Waals surface area contributed by atoms with Crippen molar-refractivity contribution < 1.29 is 23.9 Å². The summed E-state index contributed by atoms with van der Waals surface area (Å²) in [7, 11) is 0. The van der Waals surface area contributed by atoms with Gasteiger partial charge in [0.2, 0.25) is 0 Å². The zero-order chi connectivity index (χ0) is 18.5. The summed E-state index contributed by atoms with van der Waals surface area (Å²) in [5, 5.41) is 0. The van der Waals surface area contributed by atoms with Gasteiger partial charge in [-0.25, -0.2) is 0 Å². The summed E-state index contributed by atoms with van der Waals surface area (Å²) >= 11 is 0. The van der Waals surface area contributed by atoms with E-state index in [0.717, 1.165) is 25.7 Å². The predicted octanol–water partition coefficient (Wildman–Crippen LogP) is 3.88. The zero-order valence-corrected chi connectivity index (χ0v) is 15.3. The highest BCUT2D eigenvalue weighted by Crippen LogP contribution is 2.19. The Labute approximate surface area is 150 Å². The van der Waals surface area contributed by atoms with Crippen LogP contribution in [0.2, 0.25) is 0 Å². The van der Waals surface area contributed by atoms with Crippen molar-refractivity contribution in [1.82, 2.24) is 0 Å². The maximum Gasteiger partial charge on any atom is 0.306 e. The molecule has 0 bridgehead atoms. The molecule has 1 aliphatic rings. The van der Waals surface area contributed by atoms with E-state index in [9.17, 15) is 19.2 Å². The molecule has 0 aromatic rings. The highest BCUT2D eigenvalue weighted by atomic mass is 16.5. The molecule has 0 aromatic heterocycles. The lowest BCUT2D eigenvalue weighted by atomic mass is 10.0. The zero-order valence-electron chi connectivity index (χ0n) is 15.3.